The second kappa shape index (κ2) is 7.53. The van der Waals surface area contributed by atoms with Crippen LogP contribution in [0.2, 0.25) is 0 Å². The minimum absolute atomic E-state index is 0.360. The van der Waals surface area contributed by atoms with E-state index in [4.69, 9.17) is 4.74 Å². The van der Waals surface area contributed by atoms with E-state index >= 15 is 0 Å². The molecule has 0 fully saturated rings. The Morgan fingerprint density at radius 2 is 1.28 bits per heavy atom. The van der Waals surface area contributed by atoms with Gasteiger partial charge in [-0.25, -0.2) is 4.79 Å². The maximum absolute atomic E-state index is 11.8. The molecule has 0 aliphatic carbocycles. The molecular weight excluding hydrogens is 312 g/mol. The summed E-state index contributed by atoms with van der Waals surface area (Å²) in [4.78, 5) is 11.8. The SMILES string of the molecule is COC(=O)c1ccccc1Nc1ccc(Nc2ccccc2C)cc1. The number of aryl methyl sites for hydroxylation is 1. The van der Waals surface area contributed by atoms with Crippen LogP contribution in [0.5, 0.6) is 0 Å². The molecule has 0 spiro atoms. The minimum Gasteiger partial charge on any atom is -0.465 e. The summed E-state index contributed by atoms with van der Waals surface area (Å²) in [6, 6.07) is 23.4. The molecule has 0 aliphatic rings. The zero-order valence-corrected chi connectivity index (χ0v) is 14.2. The van der Waals surface area contributed by atoms with E-state index in [1.807, 2.05) is 60.7 Å². The number of rotatable bonds is 5. The van der Waals surface area contributed by atoms with E-state index in [1.54, 1.807) is 6.07 Å². The van der Waals surface area contributed by atoms with Crippen LogP contribution in [0.25, 0.3) is 0 Å². The van der Waals surface area contributed by atoms with Crippen molar-refractivity contribution in [1.82, 2.24) is 0 Å². The Morgan fingerprint density at radius 3 is 1.88 bits per heavy atom. The molecule has 0 heterocycles. The van der Waals surface area contributed by atoms with Crippen LogP contribution in [0, 0.1) is 6.92 Å². The van der Waals surface area contributed by atoms with Crippen molar-refractivity contribution in [3.63, 3.8) is 0 Å². The first-order valence-electron chi connectivity index (χ1n) is 8.04. The number of methoxy groups -OCH3 is 1. The van der Waals surface area contributed by atoms with E-state index in [1.165, 1.54) is 12.7 Å². The van der Waals surface area contributed by atoms with E-state index in [-0.39, 0.29) is 5.97 Å². The van der Waals surface area contributed by atoms with Gasteiger partial charge in [0.25, 0.3) is 0 Å². The highest BCUT2D eigenvalue weighted by Crippen LogP contribution is 2.25. The molecule has 0 saturated carbocycles. The molecule has 3 aromatic carbocycles. The molecule has 0 aliphatic heterocycles. The number of anilines is 4. The largest absolute Gasteiger partial charge is 0.465 e. The molecule has 4 nitrogen and oxygen atoms in total. The Labute approximate surface area is 147 Å². The number of ether oxygens (including phenoxy) is 1. The van der Waals surface area contributed by atoms with Gasteiger partial charge in [-0.2, -0.15) is 0 Å². The maximum Gasteiger partial charge on any atom is 0.339 e. The molecule has 4 heteroatoms. The second-order valence-electron chi connectivity index (χ2n) is 5.68. The predicted octanol–water partition coefficient (Wildman–Crippen LogP) is 5.27. The summed E-state index contributed by atoms with van der Waals surface area (Å²) >= 11 is 0. The number of benzene rings is 3. The highest BCUT2D eigenvalue weighted by Gasteiger charge is 2.10. The van der Waals surface area contributed by atoms with Crippen LogP contribution >= 0.6 is 0 Å². The first kappa shape index (κ1) is 16.6. The van der Waals surface area contributed by atoms with Crippen LogP contribution in [0.4, 0.5) is 22.7 Å². The first-order valence-corrected chi connectivity index (χ1v) is 8.04. The zero-order valence-electron chi connectivity index (χ0n) is 14.2. The fourth-order valence-electron chi connectivity index (χ4n) is 2.54. The summed E-state index contributed by atoms with van der Waals surface area (Å²) in [5, 5.41) is 6.66. The number of carbonyl (C=O) groups excluding carboxylic acids is 1. The quantitative estimate of drug-likeness (QED) is 0.625. The van der Waals surface area contributed by atoms with Gasteiger partial charge in [-0.15, -0.1) is 0 Å². The molecular formula is C21H20N2O2. The van der Waals surface area contributed by atoms with Crippen molar-refractivity contribution in [2.24, 2.45) is 0 Å². The average molecular weight is 332 g/mol. The van der Waals surface area contributed by atoms with E-state index < -0.39 is 0 Å². The Kier molecular flexibility index (Phi) is 5.00. The molecule has 0 saturated heterocycles. The van der Waals surface area contributed by atoms with Gasteiger partial charge >= 0.3 is 5.97 Å². The van der Waals surface area contributed by atoms with Gasteiger partial charge in [0.1, 0.15) is 0 Å². The van der Waals surface area contributed by atoms with Crippen molar-refractivity contribution < 1.29 is 9.53 Å². The van der Waals surface area contributed by atoms with E-state index in [0.29, 0.717) is 11.3 Å². The molecule has 3 aromatic rings. The lowest BCUT2D eigenvalue weighted by atomic mass is 10.1. The molecule has 0 unspecified atom stereocenters. The van der Waals surface area contributed by atoms with E-state index in [0.717, 1.165) is 17.1 Å². The fraction of sp³-hybridized carbons (Fsp3) is 0.0952. The summed E-state index contributed by atoms with van der Waals surface area (Å²) in [6.45, 7) is 2.07. The Hall–Kier alpha value is -3.27. The lowest BCUT2D eigenvalue weighted by Crippen LogP contribution is -2.05. The fourth-order valence-corrected chi connectivity index (χ4v) is 2.54. The first-order chi connectivity index (χ1) is 12.2. The molecule has 0 radical (unpaired) electrons. The average Bonchev–Trinajstić information content (AvgIpc) is 2.65. The second-order valence-corrected chi connectivity index (χ2v) is 5.68. The molecule has 0 aromatic heterocycles. The van der Waals surface area contributed by atoms with E-state index in [2.05, 4.69) is 23.6 Å². The monoisotopic (exact) mass is 332 g/mol. The summed E-state index contributed by atoms with van der Waals surface area (Å²) < 4.78 is 4.82. The zero-order chi connectivity index (χ0) is 17.6. The topological polar surface area (TPSA) is 50.4 Å². The van der Waals surface area contributed by atoms with Crippen LogP contribution in [0.1, 0.15) is 15.9 Å². The van der Waals surface area contributed by atoms with Crippen molar-refractivity contribution in [2.45, 2.75) is 6.92 Å². The van der Waals surface area contributed by atoms with Gasteiger partial charge in [0.15, 0.2) is 0 Å². The number of hydrogen-bond acceptors (Lipinski definition) is 4. The van der Waals surface area contributed by atoms with Gasteiger partial charge in [0.2, 0.25) is 0 Å². The number of nitrogens with one attached hydrogen (secondary N) is 2. The highest BCUT2D eigenvalue weighted by molar-refractivity contribution is 5.96. The van der Waals surface area contributed by atoms with Crippen LogP contribution in [0.15, 0.2) is 72.8 Å². The smallest absolute Gasteiger partial charge is 0.339 e. The van der Waals surface area contributed by atoms with Crippen LogP contribution < -0.4 is 10.6 Å². The number of para-hydroxylation sites is 2. The normalized spacial score (nSPS) is 10.2. The van der Waals surface area contributed by atoms with E-state index in [9.17, 15) is 4.79 Å². The Morgan fingerprint density at radius 1 is 0.760 bits per heavy atom. The van der Waals surface area contributed by atoms with Crippen LogP contribution in [0.3, 0.4) is 0 Å². The van der Waals surface area contributed by atoms with Crippen molar-refractivity contribution in [3.05, 3.63) is 83.9 Å². The van der Waals surface area contributed by atoms with Crippen LogP contribution in [-0.4, -0.2) is 13.1 Å². The maximum atomic E-state index is 11.8. The molecule has 0 atom stereocenters. The van der Waals surface area contributed by atoms with Gasteiger partial charge in [-0.3, -0.25) is 0 Å². The lowest BCUT2D eigenvalue weighted by Gasteiger charge is -2.12. The van der Waals surface area contributed by atoms with Gasteiger partial charge in [-0.1, -0.05) is 30.3 Å². The lowest BCUT2D eigenvalue weighted by molar-refractivity contribution is 0.0602. The van der Waals surface area contributed by atoms with Crippen molar-refractivity contribution in [2.75, 3.05) is 17.7 Å². The molecule has 25 heavy (non-hydrogen) atoms. The standard InChI is InChI=1S/C21H20N2O2/c1-15-7-3-5-9-19(15)22-16-11-13-17(14-12-16)23-20-10-6-4-8-18(20)21(24)25-2/h3-14,22-23H,1-2H3. The molecule has 2 N–H and O–H groups in total. The summed E-state index contributed by atoms with van der Waals surface area (Å²) in [5.74, 6) is -0.360. The van der Waals surface area contributed by atoms with Crippen molar-refractivity contribution >= 4 is 28.7 Å². The Balaban J connectivity index is 1.76. The summed E-state index contributed by atoms with van der Waals surface area (Å²) in [7, 11) is 1.38. The number of hydrogen-bond donors (Lipinski definition) is 2. The Bertz CT molecular complexity index is 873. The molecule has 0 amide bonds. The van der Waals surface area contributed by atoms with Gasteiger partial charge in [0, 0.05) is 17.1 Å². The van der Waals surface area contributed by atoms with Crippen LogP contribution in [-0.2, 0) is 4.74 Å². The molecule has 0 bridgehead atoms. The highest BCUT2D eigenvalue weighted by atomic mass is 16.5. The number of esters is 1. The predicted molar refractivity (Wildman–Crippen MR) is 102 cm³/mol. The third-order valence-electron chi connectivity index (χ3n) is 3.92. The van der Waals surface area contributed by atoms with Gasteiger partial charge < -0.3 is 15.4 Å². The van der Waals surface area contributed by atoms with Crippen molar-refractivity contribution in [3.8, 4) is 0 Å². The van der Waals surface area contributed by atoms with Gasteiger partial charge in [-0.05, 0) is 55.0 Å². The van der Waals surface area contributed by atoms with Crippen molar-refractivity contribution in [1.29, 1.82) is 0 Å². The minimum atomic E-state index is -0.360. The third-order valence-corrected chi connectivity index (χ3v) is 3.92. The molecule has 3 rings (SSSR count). The van der Waals surface area contributed by atoms with Gasteiger partial charge in [0.05, 0.1) is 18.4 Å². The third kappa shape index (κ3) is 3.98. The summed E-state index contributed by atoms with van der Waals surface area (Å²) in [5.41, 5.74) is 5.39. The molecule has 126 valence electrons. The summed E-state index contributed by atoms with van der Waals surface area (Å²) in [6.07, 6.45) is 0. The number of carbonyl (C=O) groups is 1.